The molecule has 0 radical (unpaired) electrons. The van der Waals surface area contributed by atoms with E-state index in [9.17, 15) is 0 Å². The number of hydrogen-bond acceptors (Lipinski definition) is 4. The van der Waals surface area contributed by atoms with Crippen molar-refractivity contribution in [2.45, 2.75) is 19.4 Å². The van der Waals surface area contributed by atoms with Crippen LogP contribution in [0.3, 0.4) is 0 Å². The van der Waals surface area contributed by atoms with Crippen LogP contribution in [-0.4, -0.2) is 26.1 Å². The fraction of sp³-hybridized carbons (Fsp3) is 0.333. The number of fused-ring (bicyclic) bond motifs is 1. The van der Waals surface area contributed by atoms with Gasteiger partial charge in [-0.2, -0.15) is 0 Å². The topological polar surface area (TPSA) is 60.0 Å². The van der Waals surface area contributed by atoms with E-state index in [1.807, 2.05) is 13.0 Å². The fourth-order valence-electron chi connectivity index (χ4n) is 2.41. The third-order valence-electron chi connectivity index (χ3n) is 3.20. The van der Waals surface area contributed by atoms with Crippen LogP contribution in [0.2, 0.25) is 0 Å². The van der Waals surface area contributed by atoms with Crippen molar-refractivity contribution >= 4 is 18.6 Å². The summed E-state index contributed by atoms with van der Waals surface area (Å²) in [5, 5.41) is 0. The lowest BCUT2D eigenvalue weighted by Gasteiger charge is -2.27. The van der Waals surface area contributed by atoms with Gasteiger partial charge in [0.2, 0.25) is 0 Å². The molecule has 4 heteroatoms. The molecular weight excluding hydrogens is 238 g/mol. The molecule has 2 N–H and O–H groups in total. The standard InChI is InChI=1S/C15H19N3O/c1-3-18-14(10-17-2)12-5-4-6-13-11(12)7-8-19-15(13)9-16/h3-6,10,15H,2,7-9,16H2,1H3/b14-10-,18-3-/t15-/m1/s1. The van der Waals surface area contributed by atoms with Crippen molar-refractivity contribution in [3.8, 4) is 0 Å². The van der Waals surface area contributed by atoms with E-state index in [4.69, 9.17) is 10.5 Å². The van der Waals surface area contributed by atoms with E-state index in [1.165, 1.54) is 5.56 Å². The molecule has 1 aliphatic rings. The van der Waals surface area contributed by atoms with Crippen LogP contribution in [0.15, 0.2) is 34.4 Å². The predicted octanol–water partition coefficient (Wildman–Crippen LogP) is 2.35. The lowest BCUT2D eigenvalue weighted by molar-refractivity contribution is 0.0484. The lowest BCUT2D eigenvalue weighted by atomic mass is 9.91. The Balaban J connectivity index is 2.53. The minimum absolute atomic E-state index is 0.0211. The second kappa shape index (κ2) is 6.41. The van der Waals surface area contributed by atoms with Crippen LogP contribution in [0.1, 0.15) is 29.7 Å². The third kappa shape index (κ3) is 2.80. The Labute approximate surface area is 113 Å². The molecule has 1 atom stereocenters. The van der Waals surface area contributed by atoms with Gasteiger partial charge in [-0.1, -0.05) is 18.2 Å². The van der Waals surface area contributed by atoms with Gasteiger partial charge >= 0.3 is 0 Å². The van der Waals surface area contributed by atoms with E-state index in [0.717, 1.165) is 23.2 Å². The number of nitrogens with zero attached hydrogens (tertiary/aromatic N) is 2. The number of rotatable bonds is 4. The Morgan fingerprint density at radius 1 is 1.58 bits per heavy atom. The molecule has 1 heterocycles. The molecule has 19 heavy (non-hydrogen) atoms. The average molecular weight is 257 g/mol. The first kappa shape index (κ1) is 13.6. The quantitative estimate of drug-likeness (QED) is 0.842. The van der Waals surface area contributed by atoms with E-state index in [0.29, 0.717) is 13.2 Å². The Bertz CT molecular complexity index is 520. The summed E-state index contributed by atoms with van der Waals surface area (Å²) in [7, 11) is 0. The predicted molar refractivity (Wildman–Crippen MR) is 79.6 cm³/mol. The van der Waals surface area contributed by atoms with Crippen LogP contribution in [0.4, 0.5) is 0 Å². The van der Waals surface area contributed by atoms with Gasteiger partial charge in [-0.3, -0.25) is 9.98 Å². The largest absolute Gasteiger partial charge is 0.372 e. The molecule has 2 rings (SSSR count). The van der Waals surface area contributed by atoms with E-state index in [2.05, 4.69) is 28.8 Å². The Hall–Kier alpha value is -1.78. The van der Waals surface area contributed by atoms with Gasteiger partial charge < -0.3 is 10.5 Å². The molecule has 0 unspecified atom stereocenters. The van der Waals surface area contributed by atoms with Crippen LogP contribution in [0.25, 0.3) is 5.70 Å². The third-order valence-corrected chi connectivity index (χ3v) is 3.20. The van der Waals surface area contributed by atoms with Crippen molar-refractivity contribution in [2.75, 3.05) is 13.2 Å². The van der Waals surface area contributed by atoms with Crippen molar-refractivity contribution in [2.24, 2.45) is 15.7 Å². The zero-order chi connectivity index (χ0) is 13.7. The lowest BCUT2D eigenvalue weighted by Crippen LogP contribution is -2.23. The van der Waals surface area contributed by atoms with Gasteiger partial charge in [0.05, 0.1) is 24.6 Å². The molecule has 1 aromatic carbocycles. The zero-order valence-electron chi connectivity index (χ0n) is 11.2. The number of benzene rings is 1. The number of hydrogen-bond donors (Lipinski definition) is 1. The maximum absolute atomic E-state index is 5.76. The van der Waals surface area contributed by atoms with E-state index in [-0.39, 0.29) is 6.10 Å². The summed E-state index contributed by atoms with van der Waals surface area (Å²) in [4.78, 5) is 8.21. The molecule has 0 saturated carbocycles. The number of ether oxygens (including phenoxy) is 1. The minimum Gasteiger partial charge on any atom is -0.372 e. The summed E-state index contributed by atoms with van der Waals surface area (Å²) in [6.45, 7) is 6.58. The molecule has 0 spiro atoms. The Morgan fingerprint density at radius 3 is 3.11 bits per heavy atom. The van der Waals surface area contributed by atoms with E-state index < -0.39 is 0 Å². The maximum atomic E-state index is 5.76. The highest BCUT2D eigenvalue weighted by Crippen LogP contribution is 2.32. The van der Waals surface area contributed by atoms with Gasteiger partial charge in [-0.05, 0) is 31.2 Å². The van der Waals surface area contributed by atoms with Crippen molar-refractivity contribution in [3.63, 3.8) is 0 Å². The van der Waals surface area contributed by atoms with Gasteiger partial charge in [0.25, 0.3) is 0 Å². The normalized spacial score (nSPS) is 19.5. The Morgan fingerprint density at radius 2 is 2.42 bits per heavy atom. The second-order valence-electron chi connectivity index (χ2n) is 4.30. The molecule has 0 saturated heterocycles. The zero-order valence-corrected chi connectivity index (χ0v) is 11.2. The monoisotopic (exact) mass is 257 g/mol. The molecule has 0 aromatic heterocycles. The summed E-state index contributed by atoms with van der Waals surface area (Å²) in [5.41, 5.74) is 10.1. The molecule has 1 aliphatic heterocycles. The summed E-state index contributed by atoms with van der Waals surface area (Å²) in [6.07, 6.45) is 4.29. The fourth-order valence-corrected chi connectivity index (χ4v) is 2.41. The van der Waals surface area contributed by atoms with Crippen molar-refractivity contribution < 1.29 is 4.74 Å². The molecule has 0 aliphatic carbocycles. The van der Waals surface area contributed by atoms with E-state index >= 15 is 0 Å². The second-order valence-corrected chi connectivity index (χ2v) is 4.30. The molecule has 0 bridgehead atoms. The van der Waals surface area contributed by atoms with Gasteiger partial charge in [0.1, 0.15) is 0 Å². The van der Waals surface area contributed by atoms with Crippen molar-refractivity contribution in [3.05, 3.63) is 41.1 Å². The van der Waals surface area contributed by atoms with Crippen LogP contribution < -0.4 is 5.73 Å². The molecule has 0 fully saturated rings. The smallest absolute Gasteiger partial charge is 0.0950 e. The van der Waals surface area contributed by atoms with Gasteiger partial charge in [-0.25, -0.2) is 0 Å². The summed E-state index contributed by atoms with van der Waals surface area (Å²) in [6, 6.07) is 6.14. The molecular formula is C15H19N3O. The van der Waals surface area contributed by atoms with Gasteiger partial charge in [-0.15, -0.1) is 0 Å². The molecule has 100 valence electrons. The minimum atomic E-state index is -0.0211. The van der Waals surface area contributed by atoms with Gasteiger partial charge in [0, 0.05) is 18.3 Å². The SMILES string of the molecule is C=N/C=C(\N=C/C)c1cccc2c1CCO[C@@H]2CN. The van der Waals surface area contributed by atoms with Crippen molar-refractivity contribution in [1.29, 1.82) is 0 Å². The first-order valence-corrected chi connectivity index (χ1v) is 6.40. The van der Waals surface area contributed by atoms with Crippen LogP contribution in [0.5, 0.6) is 0 Å². The van der Waals surface area contributed by atoms with E-state index in [1.54, 1.807) is 12.4 Å². The Kier molecular flexibility index (Phi) is 4.60. The van der Waals surface area contributed by atoms with Gasteiger partial charge in [0.15, 0.2) is 0 Å². The number of nitrogens with two attached hydrogens (primary N) is 1. The summed E-state index contributed by atoms with van der Waals surface area (Å²) < 4.78 is 5.69. The summed E-state index contributed by atoms with van der Waals surface area (Å²) >= 11 is 0. The average Bonchev–Trinajstić information content (AvgIpc) is 2.46. The maximum Gasteiger partial charge on any atom is 0.0950 e. The van der Waals surface area contributed by atoms with Crippen LogP contribution >= 0.6 is 0 Å². The first-order chi connectivity index (χ1) is 9.31. The van der Waals surface area contributed by atoms with Crippen LogP contribution in [-0.2, 0) is 11.2 Å². The number of aliphatic imine (C=N–C) groups is 2. The highest BCUT2D eigenvalue weighted by Gasteiger charge is 2.22. The van der Waals surface area contributed by atoms with Crippen LogP contribution in [0, 0.1) is 0 Å². The molecule has 4 nitrogen and oxygen atoms in total. The van der Waals surface area contributed by atoms with Crippen molar-refractivity contribution in [1.82, 2.24) is 0 Å². The highest BCUT2D eigenvalue weighted by molar-refractivity contribution is 5.75. The molecule has 0 amide bonds. The molecule has 1 aromatic rings. The summed E-state index contributed by atoms with van der Waals surface area (Å²) in [5.74, 6) is 0. The highest BCUT2D eigenvalue weighted by atomic mass is 16.5. The first-order valence-electron chi connectivity index (χ1n) is 6.40.